The number of carboxylic acids is 1. The number of piperidine rings is 1. The monoisotopic (exact) mass is 295 g/mol. The molecule has 0 aromatic heterocycles. The lowest BCUT2D eigenvalue weighted by Crippen LogP contribution is -2.45. The van der Waals surface area contributed by atoms with Gasteiger partial charge in [-0.2, -0.15) is 0 Å². The number of carbonyl (C=O) groups is 1. The maximum absolute atomic E-state index is 14.1. The standard InChI is InChI=1S/C16H22FNO3/c1-3-15(16(19)20)18-8-6-11(7-9-18)13-5-4-12(21-2)10-14(13)17/h4-5,10-11,15H,3,6-9H2,1-2H3,(H,19,20). The Hall–Kier alpha value is -1.62. The van der Waals surface area contributed by atoms with E-state index in [1.807, 2.05) is 11.8 Å². The van der Waals surface area contributed by atoms with Crippen molar-refractivity contribution < 1.29 is 19.0 Å². The highest BCUT2D eigenvalue weighted by Gasteiger charge is 2.29. The van der Waals surface area contributed by atoms with Gasteiger partial charge in [-0.25, -0.2) is 4.39 Å². The van der Waals surface area contributed by atoms with E-state index in [0.717, 1.165) is 12.8 Å². The van der Waals surface area contributed by atoms with Crippen LogP contribution in [0.25, 0.3) is 0 Å². The minimum Gasteiger partial charge on any atom is -0.497 e. The van der Waals surface area contributed by atoms with Gasteiger partial charge >= 0.3 is 5.97 Å². The lowest BCUT2D eigenvalue weighted by Gasteiger charge is -2.35. The minimum atomic E-state index is -0.772. The Morgan fingerprint density at radius 3 is 2.62 bits per heavy atom. The highest BCUT2D eigenvalue weighted by Crippen LogP contribution is 2.32. The van der Waals surface area contributed by atoms with Crippen molar-refractivity contribution in [3.63, 3.8) is 0 Å². The van der Waals surface area contributed by atoms with E-state index in [4.69, 9.17) is 4.74 Å². The van der Waals surface area contributed by atoms with Crippen molar-refractivity contribution in [2.24, 2.45) is 0 Å². The van der Waals surface area contributed by atoms with Gasteiger partial charge in [-0.05, 0) is 49.9 Å². The average Bonchev–Trinajstić information content (AvgIpc) is 2.48. The lowest BCUT2D eigenvalue weighted by atomic mass is 9.88. The van der Waals surface area contributed by atoms with Gasteiger partial charge < -0.3 is 9.84 Å². The molecule has 1 saturated heterocycles. The molecule has 21 heavy (non-hydrogen) atoms. The SMILES string of the molecule is CCC(C(=O)O)N1CCC(c2ccc(OC)cc2F)CC1. The molecule has 1 N–H and O–H groups in total. The van der Waals surface area contributed by atoms with Gasteiger partial charge in [0, 0.05) is 6.07 Å². The van der Waals surface area contributed by atoms with Crippen molar-refractivity contribution in [2.45, 2.75) is 38.1 Å². The van der Waals surface area contributed by atoms with Gasteiger partial charge in [0.1, 0.15) is 17.6 Å². The van der Waals surface area contributed by atoms with Crippen LogP contribution in [-0.2, 0) is 4.79 Å². The summed E-state index contributed by atoms with van der Waals surface area (Å²) >= 11 is 0. The molecule has 1 unspecified atom stereocenters. The largest absolute Gasteiger partial charge is 0.497 e. The topological polar surface area (TPSA) is 49.8 Å². The maximum atomic E-state index is 14.1. The number of rotatable bonds is 5. The molecule has 5 heteroatoms. The van der Waals surface area contributed by atoms with Crippen LogP contribution >= 0.6 is 0 Å². The van der Waals surface area contributed by atoms with Gasteiger partial charge in [-0.1, -0.05) is 13.0 Å². The van der Waals surface area contributed by atoms with Gasteiger partial charge in [0.25, 0.3) is 0 Å². The normalized spacial score (nSPS) is 18.4. The van der Waals surface area contributed by atoms with Crippen LogP contribution in [0.5, 0.6) is 5.75 Å². The van der Waals surface area contributed by atoms with Crippen LogP contribution in [0.1, 0.15) is 37.7 Å². The van der Waals surface area contributed by atoms with Gasteiger partial charge in [-0.3, -0.25) is 9.69 Å². The molecule has 1 atom stereocenters. The van der Waals surface area contributed by atoms with Gasteiger partial charge in [0.05, 0.1) is 7.11 Å². The first-order chi connectivity index (χ1) is 10.1. The zero-order chi connectivity index (χ0) is 15.4. The quantitative estimate of drug-likeness (QED) is 0.907. The average molecular weight is 295 g/mol. The van der Waals surface area contributed by atoms with Crippen molar-refractivity contribution in [1.82, 2.24) is 4.90 Å². The summed E-state index contributed by atoms with van der Waals surface area (Å²) in [5.41, 5.74) is 0.707. The maximum Gasteiger partial charge on any atom is 0.320 e. The number of nitrogens with zero attached hydrogens (tertiary/aromatic N) is 1. The molecular weight excluding hydrogens is 273 g/mol. The second-order valence-electron chi connectivity index (χ2n) is 5.46. The molecule has 0 aliphatic carbocycles. The zero-order valence-electron chi connectivity index (χ0n) is 12.5. The molecule has 1 aromatic carbocycles. The lowest BCUT2D eigenvalue weighted by molar-refractivity contribution is -0.143. The number of hydrogen-bond acceptors (Lipinski definition) is 3. The third-order valence-electron chi connectivity index (χ3n) is 4.29. The van der Waals surface area contributed by atoms with Gasteiger partial charge in [0.15, 0.2) is 0 Å². The summed E-state index contributed by atoms with van der Waals surface area (Å²) in [4.78, 5) is 13.2. The molecule has 1 fully saturated rings. The third-order valence-corrected chi connectivity index (χ3v) is 4.29. The fourth-order valence-corrected chi connectivity index (χ4v) is 3.08. The Bertz CT molecular complexity index is 498. The van der Waals surface area contributed by atoms with E-state index >= 15 is 0 Å². The summed E-state index contributed by atoms with van der Waals surface area (Å²) in [5, 5.41) is 9.19. The fourth-order valence-electron chi connectivity index (χ4n) is 3.08. The number of halogens is 1. The number of ether oxygens (including phenoxy) is 1. The first-order valence-electron chi connectivity index (χ1n) is 7.37. The van der Waals surface area contributed by atoms with Crippen molar-refractivity contribution in [3.8, 4) is 5.75 Å². The molecule has 1 aliphatic rings. The predicted octanol–water partition coefficient (Wildman–Crippen LogP) is 2.88. The third kappa shape index (κ3) is 3.53. The fraction of sp³-hybridized carbons (Fsp3) is 0.562. The Morgan fingerprint density at radius 1 is 1.48 bits per heavy atom. The van der Waals surface area contributed by atoms with E-state index in [-0.39, 0.29) is 11.7 Å². The number of likely N-dealkylation sites (tertiary alicyclic amines) is 1. The van der Waals surface area contributed by atoms with E-state index in [9.17, 15) is 14.3 Å². The van der Waals surface area contributed by atoms with E-state index < -0.39 is 12.0 Å². The minimum absolute atomic E-state index is 0.151. The highest BCUT2D eigenvalue weighted by atomic mass is 19.1. The first kappa shape index (κ1) is 15.8. The van der Waals surface area contributed by atoms with E-state index in [1.165, 1.54) is 13.2 Å². The molecule has 1 aliphatic heterocycles. The van der Waals surface area contributed by atoms with Crippen LogP contribution in [0.4, 0.5) is 4.39 Å². The van der Waals surface area contributed by atoms with E-state index in [2.05, 4.69) is 0 Å². The van der Waals surface area contributed by atoms with Crippen LogP contribution in [0.3, 0.4) is 0 Å². The highest BCUT2D eigenvalue weighted by molar-refractivity contribution is 5.73. The molecule has 0 saturated carbocycles. The van der Waals surface area contributed by atoms with Gasteiger partial charge in [-0.15, -0.1) is 0 Å². The van der Waals surface area contributed by atoms with Crippen molar-refractivity contribution >= 4 is 5.97 Å². The second kappa shape index (κ2) is 6.89. The molecule has 0 bridgehead atoms. The second-order valence-corrected chi connectivity index (χ2v) is 5.46. The molecule has 0 amide bonds. The Balaban J connectivity index is 2.02. The summed E-state index contributed by atoms with van der Waals surface area (Å²) in [7, 11) is 1.52. The van der Waals surface area contributed by atoms with Crippen molar-refractivity contribution in [2.75, 3.05) is 20.2 Å². The summed E-state index contributed by atoms with van der Waals surface area (Å²) in [6.45, 7) is 3.27. The Kier molecular flexibility index (Phi) is 5.17. The Labute approximate surface area is 124 Å². The number of methoxy groups -OCH3 is 1. The number of carboxylic acid groups (broad SMARTS) is 1. The van der Waals surface area contributed by atoms with Crippen molar-refractivity contribution in [3.05, 3.63) is 29.6 Å². The Morgan fingerprint density at radius 2 is 2.14 bits per heavy atom. The molecule has 1 heterocycles. The summed E-state index contributed by atoms with van der Waals surface area (Å²) in [6, 6.07) is 4.54. The number of benzene rings is 1. The van der Waals surface area contributed by atoms with Gasteiger partial charge in [0.2, 0.25) is 0 Å². The van der Waals surface area contributed by atoms with Crippen LogP contribution in [0.2, 0.25) is 0 Å². The molecule has 116 valence electrons. The number of hydrogen-bond donors (Lipinski definition) is 1. The van der Waals surface area contributed by atoms with Crippen LogP contribution < -0.4 is 4.74 Å². The molecular formula is C16H22FNO3. The van der Waals surface area contributed by atoms with E-state index in [0.29, 0.717) is 30.8 Å². The number of aliphatic carboxylic acids is 1. The van der Waals surface area contributed by atoms with E-state index in [1.54, 1.807) is 12.1 Å². The van der Waals surface area contributed by atoms with Crippen LogP contribution in [-0.4, -0.2) is 42.2 Å². The first-order valence-corrected chi connectivity index (χ1v) is 7.37. The summed E-state index contributed by atoms with van der Waals surface area (Å²) in [5.74, 6) is -0.339. The molecule has 2 rings (SSSR count). The predicted molar refractivity (Wildman–Crippen MR) is 78.2 cm³/mol. The van der Waals surface area contributed by atoms with Crippen molar-refractivity contribution in [1.29, 1.82) is 0 Å². The zero-order valence-corrected chi connectivity index (χ0v) is 12.5. The summed E-state index contributed by atoms with van der Waals surface area (Å²) < 4.78 is 19.1. The van der Waals surface area contributed by atoms with Crippen LogP contribution in [0.15, 0.2) is 18.2 Å². The molecule has 1 aromatic rings. The molecule has 0 spiro atoms. The smallest absolute Gasteiger partial charge is 0.320 e. The summed E-state index contributed by atoms with van der Waals surface area (Å²) in [6.07, 6.45) is 2.16. The molecule has 0 radical (unpaired) electrons. The molecule has 4 nitrogen and oxygen atoms in total. The van der Waals surface area contributed by atoms with Crippen LogP contribution in [0, 0.1) is 5.82 Å².